The topological polar surface area (TPSA) is 75.4 Å². The lowest BCUT2D eigenvalue weighted by Crippen LogP contribution is -2.55. The van der Waals surface area contributed by atoms with Crippen LogP contribution in [0.4, 0.5) is 5.69 Å². The van der Waals surface area contributed by atoms with E-state index in [1.54, 1.807) is 24.3 Å². The van der Waals surface area contributed by atoms with Crippen LogP contribution in [0.3, 0.4) is 0 Å². The molecule has 5 nitrogen and oxygen atoms in total. The molecule has 3 rings (SSSR count). The fourth-order valence-electron chi connectivity index (χ4n) is 3.10. The van der Waals surface area contributed by atoms with Gasteiger partial charge in [0, 0.05) is 36.8 Å². The number of rotatable bonds is 1. The highest BCUT2D eigenvalue weighted by Crippen LogP contribution is 2.26. The van der Waals surface area contributed by atoms with Crippen molar-refractivity contribution < 1.29 is 9.59 Å². The number of amides is 2. The van der Waals surface area contributed by atoms with Crippen LogP contribution in [-0.2, 0) is 4.79 Å². The number of anilines is 1. The minimum atomic E-state index is 0.0559. The molecule has 1 aromatic carbocycles. The monoisotopic (exact) mass is 273 g/mol. The molecule has 2 aliphatic heterocycles. The molecule has 2 amide bonds. The first-order valence-corrected chi connectivity index (χ1v) is 7.07. The van der Waals surface area contributed by atoms with E-state index in [1.165, 1.54) is 0 Å². The minimum Gasteiger partial charge on any atom is -0.399 e. The first kappa shape index (κ1) is 13.0. The number of nitrogen functional groups attached to an aromatic ring is 1. The zero-order valence-corrected chi connectivity index (χ0v) is 11.3. The quantitative estimate of drug-likeness (QED) is 0.750. The van der Waals surface area contributed by atoms with E-state index in [1.807, 2.05) is 4.90 Å². The molecule has 0 aliphatic carbocycles. The largest absolute Gasteiger partial charge is 0.399 e. The minimum absolute atomic E-state index is 0.0559. The molecule has 0 spiro atoms. The molecule has 2 heterocycles. The fourth-order valence-corrected chi connectivity index (χ4v) is 3.10. The van der Waals surface area contributed by atoms with Crippen LogP contribution in [0, 0.1) is 5.92 Å². The molecule has 5 heteroatoms. The van der Waals surface area contributed by atoms with E-state index in [0.717, 1.165) is 19.4 Å². The Morgan fingerprint density at radius 3 is 2.75 bits per heavy atom. The van der Waals surface area contributed by atoms with Gasteiger partial charge in [0.05, 0.1) is 0 Å². The van der Waals surface area contributed by atoms with Gasteiger partial charge in [0.1, 0.15) is 0 Å². The van der Waals surface area contributed by atoms with Crippen molar-refractivity contribution in [1.82, 2.24) is 10.2 Å². The van der Waals surface area contributed by atoms with Gasteiger partial charge in [0.2, 0.25) is 5.91 Å². The maximum absolute atomic E-state index is 12.4. The number of nitrogens with two attached hydrogens (primary N) is 1. The van der Waals surface area contributed by atoms with Crippen LogP contribution in [0.5, 0.6) is 0 Å². The second-order valence-electron chi connectivity index (χ2n) is 5.63. The molecular weight excluding hydrogens is 254 g/mol. The molecule has 0 radical (unpaired) electrons. The van der Waals surface area contributed by atoms with E-state index < -0.39 is 0 Å². The van der Waals surface area contributed by atoms with Crippen molar-refractivity contribution in [2.45, 2.75) is 25.3 Å². The number of likely N-dealkylation sites (tertiary alicyclic amines) is 1. The van der Waals surface area contributed by atoms with Crippen molar-refractivity contribution in [3.8, 4) is 0 Å². The molecule has 0 aromatic heterocycles. The Balaban J connectivity index is 1.68. The Bertz CT molecular complexity index is 526. The molecule has 2 aliphatic rings. The molecule has 1 aromatic rings. The molecule has 2 atom stereocenters. The molecule has 0 saturated carbocycles. The average Bonchev–Trinajstić information content (AvgIpc) is 2.47. The summed E-state index contributed by atoms with van der Waals surface area (Å²) in [6.45, 7) is 1.43. The molecule has 0 bridgehead atoms. The summed E-state index contributed by atoms with van der Waals surface area (Å²) in [6.07, 6.45) is 2.30. The number of hydrogen-bond acceptors (Lipinski definition) is 3. The normalized spacial score (nSPS) is 25.8. The van der Waals surface area contributed by atoms with Crippen molar-refractivity contribution in [2.24, 2.45) is 5.92 Å². The van der Waals surface area contributed by atoms with Gasteiger partial charge in [-0.2, -0.15) is 0 Å². The third-order valence-electron chi connectivity index (χ3n) is 4.27. The molecular formula is C15H19N3O2. The standard InChI is InChI=1S/C15H19N3O2/c16-12-4-1-10(2-5-12)15(20)18-8-7-13-11(9-18)3-6-14(19)17-13/h1-2,4-5,11,13H,3,6-9,16H2,(H,17,19). The van der Waals surface area contributed by atoms with Crippen molar-refractivity contribution in [2.75, 3.05) is 18.8 Å². The number of benzene rings is 1. The van der Waals surface area contributed by atoms with E-state index >= 15 is 0 Å². The van der Waals surface area contributed by atoms with E-state index in [2.05, 4.69) is 5.32 Å². The van der Waals surface area contributed by atoms with Crippen molar-refractivity contribution in [1.29, 1.82) is 0 Å². The maximum Gasteiger partial charge on any atom is 0.253 e. The van der Waals surface area contributed by atoms with Crippen LogP contribution in [0.15, 0.2) is 24.3 Å². The van der Waals surface area contributed by atoms with E-state index in [0.29, 0.717) is 30.1 Å². The molecule has 2 fully saturated rings. The Labute approximate surface area is 118 Å². The van der Waals surface area contributed by atoms with Gasteiger partial charge in [-0.1, -0.05) is 0 Å². The van der Waals surface area contributed by atoms with Gasteiger partial charge in [0.25, 0.3) is 5.91 Å². The Morgan fingerprint density at radius 2 is 2.00 bits per heavy atom. The summed E-state index contributed by atoms with van der Waals surface area (Å²) in [6, 6.07) is 7.28. The zero-order valence-electron chi connectivity index (χ0n) is 11.3. The summed E-state index contributed by atoms with van der Waals surface area (Å²) in [4.78, 5) is 25.7. The number of carbonyl (C=O) groups is 2. The summed E-state index contributed by atoms with van der Waals surface area (Å²) in [5, 5.41) is 3.03. The fraction of sp³-hybridized carbons (Fsp3) is 0.467. The SMILES string of the molecule is Nc1ccc(C(=O)N2CCC3NC(=O)CCC3C2)cc1. The average molecular weight is 273 g/mol. The van der Waals surface area contributed by atoms with Gasteiger partial charge in [-0.05, 0) is 43.0 Å². The Kier molecular flexibility index (Phi) is 3.34. The number of nitrogens with zero attached hydrogens (tertiary/aromatic N) is 1. The lowest BCUT2D eigenvalue weighted by Gasteiger charge is -2.41. The molecule has 20 heavy (non-hydrogen) atoms. The second kappa shape index (κ2) is 5.15. The van der Waals surface area contributed by atoms with Gasteiger partial charge in [0.15, 0.2) is 0 Å². The number of hydrogen-bond donors (Lipinski definition) is 2. The molecule has 2 saturated heterocycles. The summed E-state index contributed by atoms with van der Waals surface area (Å²) in [5.74, 6) is 0.587. The highest BCUT2D eigenvalue weighted by molar-refractivity contribution is 5.94. The van der Waals surface area contributed by atoms with Crippen LogP contribution in [0.2, 0.25) is 0 Å². The van der Waals surface area contributed by atoms with Crippen LogP contribution in [-0.4, -0.2) is 35.8 Å². The highest BCUT2D eigenvalue weighted by Gasteiger charge is 2.35. The number of piperidine rings is 2. The van der Waals surface area contributed by atoms with Crippen molar-refractivity contribution in [3.63, 3.8) is 0 Å². The number of fused-ring (bicyclic) bond motifs is 1. The van der Waals surface area contributed by atoms with E-state index in [-0.39, 0.29) is 17.9 Å². The third-order valence-corrected chi connectivity index (χ3v) is 4.27. The van der Waals surface area contributed by atoms with Crippen molar-refractivity contribution >= 4 is 17.5 Å². The molecule has 2 unspecified atom stereocenters. The first-order valence-electron chi connectivity index (χ1n) is 7.07. The Morgan fingerprint density at radius 1 is 1.25 bits per heavy atom. The van der Waals surface area contributed by atoms with Crippen LogP contribution >= 0.6 is 0 Å². The predicted molar refractivity (Wildman–Crippen MR) is 76.0 cm³/mol. The summed E-state index contributed by atoms with van der Waals surface area (Å²) < 4.78 is 0. The van der Waals surface area contributed by atoms with Gasteiger partial charge in [-0.25, -0.2) is 0 Å². The van der Waals surface area contributed by atoms with Crippen molar-refractivity contribution in [3.05, 3.63) is 29.8 Å². The summed E-state index contributed by atoms with van der Waals surface area (Å²) >= 11 is 0. The molecule has 3 N–H and O–H groups in total. The van der Waals surface area contributed by atoms with E-state index in [4.69, 9.17) is 5.73 Å². The van der Waals surface area contributed by atoms with Gasteiger partial charge < -0.3 is 16.0 Å². The van der Waals surface area contributed by atoms with Gasteiger partial charge in [-0.15, -0.1) is 0 Å². The number of nitrogens with one attached hydrogen (secondary N) is 1. The first-order chi connectivity index (χ1) is 9.63. The van der Waals surface area contributed by atoms with E-state index in [9.17, 15) is 9.59 Å². The van der Waals surface area contributed by atoms with Crippen LogP contribution < -0.4 is 11.1 Å². The Hall–Kier alpha value is -2.04. The summed E-state index contributed by atoms with van der Waals surface area (Å²) in [7, 11) is 0. The van der Waals surface area contributed by atoms with Gasteiger partial charge >= 0.3 is 0 Å². The maximum atomic E-state index is 12.4. The second-order valence-corrected chi connectivity index (χ2v) is 5.63. The lowest BCUT2D eigenvalue weighted by molar-refractivity contribution is -0.125. The highest BCUT2D eigenvalue weighted by atomic mass is 16.2. The van der Waals surface area contributed by atoms with Gasteiger partial charge in [-0.3, -0.25) is 9.59 Å². The molecule has 106 valence electrons. The predicted octanol–water partition coefficient (Wildman–Crippen LogP) is 1.01. The summed E-state index contributed by atoms with van der Waals surface area (Å²) in [5.41, 5.74) is 6.98. The smallest absolute Gasteiger partial charge is 0.253 e. The number of carbonyl (C=O) groups excluding carboxylic acids is 2. The van der Waals surface area contributed by atoms with Crippen LogP contribution in [0.25, 0.3) is 0 Å². The third kappa shape index (κ3) is 2.48. The van der Waals surface area contributed by atoms with Crippen LogP contribution in [0.1, 0.15) is 29.6 Å². The zero-order chi connectivity index (χ0) is 14.1. The lowest BCUT2D eigenvalue weighted by atomic mass is 9.85.